The molecule has 3 aromatic rings. The Labute approximate surface area is 170 Å². The molecule has 1 saturated carbocycles. The zero-order valence-electron chi connectivity index (χ0n) is 15.0. The maximum absolute atomic E-state index is 12.3. The third kappa shape index (κ3) is 3.62. The van der Waals surface area contributed by atoms with Gasteiger partial charge in [0.2, 0.25) is 5.91 Å². The molecule has 0 unspecified atom stereocenters. The van der Waals surface area contributed by atoms with Crippen LogP contribution in [0.2, 0.25) is 0 Å². The van der Waals surface area contributed by atoms with Crippen molar-refractivity contribution in [2.75, 3.05) is 11.1 Å². The number of hydrogen-bond acceptors (Lipinski definition) is 7. The maximum Gasteiger partial charge on any atom is 0.236 e. The van der Waals surface area contributed by atoms with Crippen molar-refractivity contribution >= 4 is 55.7 Å². The van der Waals surface area contributed by atoms with Crippen LogP contribution in [0.5, 0.6) is 0 Å². The topological polar surface area (TPSA) is 67.8 Å². The Balaban J connectivity index is 1.45. The van der Waals surface area contributed by atoms with Gasteiger partial charge in [-0.2, -0.15) is 0 Å². The Bertz CT molecular complexity index is 994. The molecule has 1 fully saturated rings. The first-order valence-electron chi connectivity index (χ1n) is 9.31. The van der Waals surface area contributed by atoms with E-state index in [4.69, 9.17) is 9.97 Å². The Kier molecular flexibility index (Phi) is 4.65. The first-order chi connectivity index (χ1) is 13.2. The lowest BCUT2D eigenvalue weighted by Gasteiger charge is -2.18. The van der Waals surface area contributed by atoms with E-state index in [9.17, 15) is 4.79 Å². The highest BCUT2D eigenvalue weighted by Gasteiger charge is 2.30. The van der Waals surface area contributed by atoms with Crippen LogP contribution >= 0.6 is 34.4 Å². The summed E-state index contributed by atoms with van der Waals surface area (Å²) < 4.78 is 0. The third-order valence-electron chi connectivity index (χ3n) is 5.10. The second-order valence-corrected chi connectivity index (χ2v) is 10.3. The Morgan fingerprint density at radius 3 is 3.00 bits per heavy atom. The first-order valence-corrected chi connectivity index (χ1v) is 12.0. The van der Waals surface area contributed by atoms with E-state index in [2.05, 4.69) is 17.2 Å². The van der Waals surface area contributed by atoms with Crippen LogP contribution in [0.15, 0.2) is 16.6 Å². The summed E-state index contributed by atoms with van der Waals surface area (Å²) in [7, 11) is 0. The van der Waals surface area contributed by atoms with Gasteiger partial charge in [-0.05, 0) is 43.6 Å². The average molecular weight is 417 g/mol. The molecule has 1 amide bonds. The molecule has 1 atom stereocenters. The summed E-state index contributed by atoms with van der Waals surface area (Å²) in [4.78, 5) is 28.8. The van der Waals surface area contributed by atoms with Crippen molar-refractivity contribution in [3.05, 3.63) is 27.8 Å². The van der Waals surface area contributed by atoms with E-state index in [1.54, 1.807) is 6.20 Å². The summed E-state index contributed by atoms with van der Waals surface area (Å²) >= 11 is 4.81. The van der Waals surface area contributed by atoms with Crippen molar-refractivity contribution in [1.82, 2.24) is 15.0 Å². The number of thiophene rings is 1. The fourth-order valence-electron chi connectivity index (χ4n) is 3.53. The van der Waals surface area contributed by atoms with E-state index >= 15 is 0 Å². The fourth-order valence-corrected chi connectivity index (χ4v) is 6.39. The second kappa shape index (κ2) is 7.14. The quantitative estimate of drug-likeness (QED) is 0.474. The van der Waals surface area contributed by atoms with Gasteiger partial charge in [-0.3, -0.25) is 4.79 Å². The molecular weight excluding hydrogens is 396 g/mol. The molecule has 0 aromatic carbocycles. The SMILES string of the molecule is C[C@H]1CCc2c(sc3nc(C4CC4)nc(SCC(=O)Nc4nccs4)c23)C1. The number of thiazole rings is 1. The average Bonchev–Trinajstić information content (AvgIpc) is 3.26. The highest BCUT2D eigenvalue weighted by atomic mass is 32.2. The molecule has 2 aliphatic carbocycles. The fraction of sp³-hybridized carbons (Fsp3) is 0.474. The number of nitrogens with zero attached hydrogens (tertiary/aromatic N) is 3. The molecule has 3 aromatic heterocycles. The third-order valence-corrected chi connectivity index (χ3v) is 7.91. The number of aryl methyl sites for hydroxylation is 1. The Morgan fingerprint density at radius 1 is 1.33 bits per heavy atom. The van der Waals surface area contributed by atoms with Gasteiger partial charge in [-0.25, -0.2) is 15.0 Å². The van der Waals surface area contributed by atoms with Crippen LogP contribution in [-0.4, -0.2) is 26.6 Å². The smallest absolute Gasteiger partial charge is 0.236 e. The number of anilines is 1. The summed E-state index contributed by atoms with van der Waals surface area (Å²) in [5.41, 5.74) is 1.43. The van der Waals surface area contributed by atoms with Crippen LogP contribution in [0.25, 0.3) is 10.2 Å². The van der Waals surface area contributed by atoms with Gasteiger partial charge in [0.05, 0.1) is 5.75 Å². The van der Waals surface area contributed by atoms with Crippen LogP contribution in [0.1, 0.15) is 48.4 Å². The van der Waals surface area contributed by atoms with Crippen molar-refractivity contribution in [3.63, 3.8) is 0 Å². The predicted molar refractivity (Wildman–Crippen MR) is 112 cm³/mol. The molecule has 2 aliphatic rings. The zero-order chi connectivity index (χ0) is 18.4. The standard InChI is InChI=1S/C19H20N4OS3/c1-10-2-5-12-13(8-10)27-18-15(12)17(22-16(23-18)11-3-4-11)26-9-14(24)21-19-20-6-7-25-19/h6-7,10-11H,2-5,8-9H2,1H3,(H,20,21,24)/t10-/m0/s1. The van der Waals surface area contributed by atoms with E-state index in [0.717, 1.165) is 34.4 Å². The van der Waals surface area contributed by atoms with Crippen molar-refractivity contribution in [1.29, 1.82) is 0 Å². The van der Waals surface area contributed by atoms with Gasteiger partial charge in [0.15, 0.2) is 5.13 Å². The van der Waals surface area contributed by atoms with E-state index in [-0.39, 0.29) is 5.91 Å². The van der Waals surface area contributed by atoms with Gasteiger partial charge in [0, 0.05) is 27.8 Å². The number of fused-ring (bicyclic) bond motifs is 3. The molecule has 5 rings (SSSR count). The minimum absolute atomic E-state index is 0.0348. The highest BCUT2D eigenvalue weighted by Crippen LogP contribution is 2.44. The molecule has 8 heteroatoms. The van der Waals surface area contributed by atoms with Crippen molar-refractivity contribution in [2.24, 2.45) is 5.92 Å². The summed E-state index contributed by atoms with van der Waals surface area (Å²) in [6.07, 6.45) is 7.52. The molecule has 5 nitrogen and oxygen atoms in total. The number of hydrogen-bond donors (Lipinski definition) is 1. The van der Waals surface area contributed by atoms with Gasteiger partial charge in [-0.1, -0.05) is 18.7 Å². The number of rotatable bonds is 5. The van der Waals surface area contributed by atoms with Gasteiger partial charge in [0.25, 0.3) is 0 Å². The first kappa shape index (κ1) is 17.6. The lowest BCUT2D eigenvalue weighted by atomic mass is 9.89. The van der Waals surface area contributed by atoms with E-state index in [1.165, 1.54) is 58.2 Å². The number of thioether (sulfide) groups is 1. The van der Waals surface area contributed by atoms with Crippen molar-refractivity contribution in [3.8, 4) is 0 Å². The molecule has 1 N–H and O–H groups in total. The second-order valence-electron chi connectivity index (χ2n) is 7.37. The number of nitrogens with one attached hydrogen (secondary N) is 1. The van der Waals surface area contributed by atoms with Crippen LogP contribution in [0.4, 0.5) is 5.13 Å². The van der Waals surface area contributed by atoms with Crippen LogP contribution in [-0.2, 0) is 17.6 Å². The molecule has 3 heterocycles. The largest absolute Gasteiger partial charge is 0.301 e. The summed E-state index contributed by atoms with van der Waals surface area (Å²) in [6.45, 7) is 2.33. The highest BCUT2D eigenvalue weighted by molar-refractivity contribution is 8.00. The van der Waals surface area contributed by atoms with Crippen LogP contribution in [0, 0.1) is 5.92 Å². The molecule has 0 radical (unpaired) electrons. The number of carbonyl (C=O) groups is 1. The monoisotopic (exact) mass is 416 g/mol. The molecule has 140 valence electrons. The van der Waals surface area contributed by atoms with E-state index < -0.39 is 0 Å². The van der Waals surface area contributed by atoms with E-state index in [1.807, 2.05) is 16.7 Å². The molecule has 0 saturated heterocycles. The van der Waals surface area contributed by atoms with Gasteiger partial charge in [-0.15, -0.1) is 22.7 Å². The normalized spacial score (nSPS) is 19.2. The zero-order valence-corrected chi connectivity index (χ0v) is 17.5. The van der Waals surface area contributed by atoms with Crippen LogP contribution in [0.3, 0.4) is 0 Å². The molecule has 27 heavy (non-hydrogen) atoms. The Morgan fingerprint density at radius 2 is 2.22 bits per heavy atom. The van der Waals surface area contributed by atoms with Crippen molar-refractivity contribution < 1.29 is 4.79 Å². The minimum Gasteiger partial charge on any atom is -0.301 e. The maximum atomic E-state index is 12.3. The van der Waals surface area contributed by atoms with Gasteiger partial charge >= 0.3 is 0 Å². The molecule has 0 spiro atoms. The number of amides is 1. The Hall–Kier alpha value is -1.51. The van der Waals surface area contributed by atoms with Crippen molar-refractivity contribution in [2.45, 2.75) is 50.0 Å². The number of aromatic nitrogens is 3. The lowest BCUT2D eigenvalue weighted by molar-refractivity contribution is -0.113. The minimum atomic E-state index is -0.0348. The molecule has 0 bridgehead atoms. The predicted octanol–water partition coefficient (Wildman–Crippen LogP) is 4.88. The molecular formula is C19H20N4OS3. The molecule has 0 aliphatic heterocycles. The summed E-state index contributed by atoms with van der Waals surface area (Å²) in [5, 5.41) is 7.56. The van der Waals surface area contributed by atoms with Gasteiger partial charge in [0.1, 0.15) is 15.7 Å². The number of carbonyl (C=O) groups excluding carboxylic acids is 1. The summed E-state index contributed by atoms with van der Waals surface area (Å²) in [5.74, 6) is 2.53. The van der Waals surface area contributed by atoms with Gasteiger partial charge < -0.3 is 5.32 Å². The summed E-state index contributed by atoms with van der Waals surface area (Å²) in [6, 6.07) is 0. The van der Waals surface area contributed by atoms with E-state index in [0.29, 0.717) is 16.8 Å². The lowest BCUT2D eigenvalue weighted by Crippen LogP contribution is -2.14. The van der Waals surface area contributed by atoms with Crippen LogP contribution < -0.4 is 5.32 Å².